The molecule has 1 N–H and O–H groups in total. The van der Waals surface area contributed by atoms with Gasteiger partial charge in [-0.1, -0.05) is 103 Å². The van der Waals surface area contributed by atoms with Crippen LogP contribution in [-0.2, 0) is 9.53 Å². The van der Waals surface area contributed by atoms with Crippen molar-refractivity contribution >= 4 is 17.7 Å². The van der Waals surface area contributed by atoms with Crippen LogP contribution in [0.25, 0.3) is 0 Å². The zero-order valence-corrected chi connectivity index (χ0v) is 21.1. The summed E-state index contributed by atoms with van der Waals surface area (Å²) < 4.78 is 5.20. The first-order chi connectivity index (χ1) is 18.6. The summed E-state index contributed by atoms with van der Waals surface area (Å²) in [6, 6.07) is 34.9. The number of hydrogen-bond donors (Lipinski definition) is 1. The second kappa shape index (κ2) is 11.3. The predicted molar refractivity (Wildman–Crippen MR) is 146 cm³/mol. The minimum Gasteiger partial charge on any atom is -0.464 e. The van der Waals surface area contributed by atoms with Crippen LogP contribution in [0.4, 0.5) is 0 Å². The Hall–Kier alpha value is -4.51. The molecule has 5 heteroatoms. The Balaban J connectivity index is 1.39. The summed E-state index contributed by atoms with van der Waals surface area (Å²) in [5, 5.41) is 2.79. The van der Waals surface area contributed by atoms with E-state index in [1.807, 2.05) is 42.5 Å². The van der Waals surface area contributed by atoms with E-state index in [9.17, 15) is 14.4 Å². The third-order valence-corrected chi connectivity index (χ3v) is 7.03. The van der Waals surface area contributed by atoms with Gasteiger partial charge in [-0.3, -0.25) is 9.59 Å². The maximum atomic E-state index is 13.8. The molecular weight excluding hydrogens is 474 g/mol. The number of rotatable bonds is 9. The third kappa shape index (κ3) is 5.28. The van der Waals surface area contributed by atoms with Crippen molar-refractivity contribution in [1.82, 2.24) is 5.32 Å². The molecular formula is C33H29NO4. The Morgan fingerprint density at radius 3 is 1.79 bits per heavy atom. The summed E-state index contributed by atoms with van der Waals surface area (Å²) in [6.45, 7) is 1.93. The van der Waals surface area contributed by atoms with Gasteiger partial charge in [0.05, 0.1) is 6.61 Å². The number of carbonyl (C=O) groups excluding carboxylic acids is 3. The highest BCUT2D eigenvalue weighted by Crippen LogP contribution is 2.61. The van der Waals surface area contributed by atoms with Crippen LogP contribution in [0.3, 0.4) is 0 Å². The van der Waals surface area contributed by atoms with Gasteiger partial charge in [-0.05, 0) is 35.7 Å². The van der Waals surface area contributed by atoms with Crippen molar-refractivity contribution < 1.29 is 19.1 Å². The van der Waals surface area contributed by atoms with Crippen molar-refractivity contribution in [2.45, 2.75) is 24.8 Å². The van der Waals surface area contributed by atoms with E-state index in [1.165, 1.54) is 0 Å². The van der Waals surface area contributed by atoms with Crippen LogP contribution in [0.5, 0.6) is 0 Å². The van der Waals surface area contributed by atoms with Gasteiger partial charge in [-0.25, -0.2) is 4.79 Å². The first-order valence-corrected chi connectivity index (χ1v) is 12.8. The average Bonchev–Trinajstić information content (AvgIpc) is 3.73. The SMILES string of the molecule is CCOC(=O)[C@@H](NC(=O)c1cccc(C(=O)C2[C@H](c3ccccc3)[C@H]2c2ccccc2)c1)c1ccccc1. The Morgan fingerprint density at radius 2 is 1.24 bits per heavy atom. The molecule has 5 rings (SSSR count). The van der Waals surface area contributed by atoms with Gasteiger partial charge in [0.15, 0.2) is 11.8 Å². The minimum atomic E-state index is -0.948. The van der Waals surface area contributed by atoms with Gasteiger partial charge in [0.25, 0.3) is 5.91 Å². The van der Waals surface area contributed by atoms with Gasteiger partial charge >= 0.3 is 5.97 Å². The Kier molecular flexibility index (Phi) is 7.45. The molecule has 0 unspecified atom stereocenters. The molecule has 0 aromatic heterocycles. The molecule has 1 amide bonds. The normalized spacial score (nSPS) is 18.7. The fraction of sp³-hybridized carbons (Fsp3) is 0.182. The van der Waals surface area contributed by atoms with Crippen LogP contribution in [0.2, 0.25) is 0 Å². The monoisotopic (exact) mass is 503 g/mol. The molecule has 1 aliphatic rings. The molecule has 1 saturated carbocycles. The lowest BCUT2D eigenvalue weighted by molar-refractivity contribution is -0.145. The van der Waals surface area contributed by atoms with Crippen LogP contribution in [0.15, 0.2) is 115 Å². The van der Waals surface area contributed by atoms with E-state index in [0.717, 1.165) is 11.1 Å². The maximum absolute atomic E-state index is 13.8. The molecule has 3 atom stereocenters. The molecule has 0 aliphatic heterocycles. The standard InChI is InChI=1S/C33H29NO4/c1-2-38-33(37)30(24-17-10-5-11-18-24)34-32(36)26-20-12-19-25(21-26)31(35)29-27(22-13-6-3-7-14-22)28(29)23-15-8-4-9-16-23/h3-21,27-30H,2H2,1H3,(H,34,36)/t27-,28-,30+/m1/s1. The van der Waals surface area contributed by atoms with Crippen molar-refractivity contribution in [3.05, 3.63) is 143 Å². The van der Waals surface area contributed by atoms with Gasteiger partial charge in [-0.2, -0.15) is 0 Å². The van der Waals surface area contributed by atoms with Crippen molar-refractivity contribution in [3.8, 4) is 0 Å². The molecule has 4 aromatic rings. The van der Waals surface area contributed by atoms with Gasteiger partial charge in [0.2, 0.25) is 0 Å². The molecule has 0 spiro atoms. The predicted octanol–water partition coefficient (Wildman–Crippen LogP) is 6.10. The van der Waals surface area contributed by atoms with E-state index in [2.05, 4.69) is 29.6 Å². The fourth-order valence-electron chi connectivity index (χ4n) is 5.19. The number of amides is 1. The highest BCUT2D eigenvalue weighted by molar-refractivity contribution is 6.04. The lowest BCUT2D eigenvalue weighted by Gasteiger charge is -2.18. The quantitative estimate of drug-likeness (QED) is 0.221. The smallest absolute Gasteiger partial charge is 0.333 e. The summed E-state index contributed by atoms with van der Waals surface area (Å²) in [4.78, 5) is 39.7. The number of carbonyl (C=O) groups is 3. The van der Waals surface area contributed by atoms with E-state index >= 15 is 0 Å². The molecule has 0 bridgehead atoms. The number of hydrogen-bond acceptors (Lipinski definition) is 4. The van der Waals surface area contributed by atoms with Crippen molar-refractivity contribution in [3.63, 3.8) is 0 Å². The number of Topliss-reactive ketones (excluding diaryl/α,β-unsaturated/α-hetero) is 1. The molecule has 0 saturated heterocycles. The van der Waals surface area contributed by atoms with Gasteiger partial charge in [0.1, 0.15) is 0 Å². The van der Waals surface area contributed by atoms with E-state index < -0.39 is 17.9 Å². The topological polar surface area (TPSA) is 72.5 Å². The zero-order valence-electron chi connectivity index (χ0n) is 21.1. The lowest BCUT2D eigenvalue weighted by atomic mass is 10.00. The summed E-state index contributed by atoms with van der Waals surface area (Å²) >= 11 is 0. The molecule has 1 fully saturated rings. The Morgan fingerprint density at radius 1 is 0.711 bits per heavy atom. The molecule has 4 aromatic carbocycles. The van der Waals surface area contributed by atoms with Crippen molar-refractivity contribution in [2.24, 2.45) is 5.92 Å². The average molecular weight is 504 g/mol. The van der Waals surface area contributed by atoms with Crippen LogP contribution in [-0.4, -0.2) is 24.3 Å². The fourth-order valence-corrected chi connectivity index (χ4v) is 5.19. The second-order valence-electron chi connectivity index (χ2n) is 9.41. The Labute approximate surface area is 222 Å². The molecule has 0 heterocycles. The van der Waals surface area contributed by atoms with Crippen LogP contribution >= 0.6 is 0 Å². The van der Waals surface area contributed by atoms with Gasteiger partial charge < -0.3 is 10.1 Å². The highest BCUT2D eigenvalue weighted by Gasteiger charge is 2.55. The molecule has 38 heavy (non-hydrogen) atoms. The number of nitrogens with one attached hydrogen (secondary N) is 1. The van der Waals surface area contributed by atoms with E-state index in [4.69, 9.17) is 4.74 Å². The first-order valence-electron chi connectivity index (χ1n) is 12.8. The highest BCUT2D eigenvalue weighted by atomic mass is 16.5. The largest absolute Gasteiger partial charge is 0.464 e. The maximum Gasteiger partial charge on any atom is 0.333 e. The van der Waals surface area contributed by atoms with Gasteiger partial charge in [-0.15, -0.1) is 0 Å². The number of benzene rings is 4. The van der Waals surface area contributed by atoms with E-state index in [1.54, 1.807) is 55.5 Å². The molecule has 0 radical (unpaired) electrons. The minimum absolute atomic E-state index is 0.00681. The van der Waals surface area contributed by atoms with Crippen LogP contribution in [0, 0.1) is 5.92 Å². The summed E-state index contributed by atoms with van der Waals surface area (Å²) in [7, 11) is 0. The number of ketones is 1. The molecule has 5 nitrogen and oxygen atoms in total. The first kappa shape index (κ1) is 25.2. The van der Waals surface area contributed by atoms with E-state index in [0.29, 0.717) is 16.7 Å². The lowest BCUT2D eigenvalue weighted by Crippen LogP contribution is -2.35. The third-order valence-electron chi connectivity index (χ3n) is 7.03. The number of ether oxygens (including phenoxy) is 1. The van der Waals surface area contributed by atoms with Gasteiger partial charge in [0, 0.05) is 28.9 Å². The number of esters is 1. The van der Waals surface area contributed by atoms with Crippen molar-refractivity contribution in [1.29, 1.82) is 0 Å². The summed E-state index contributed by atoms with van der Waals surface area (Å²) in [5.41, 5.74) is 3.69. The van der Waals surface area contributed by atoms with Crippen LogP contribution in [0.1, 0.15) is 62.2 Å². The Bertz CT molecular complexity index is 1370. The zero-order chi connectivity index (χ0) is 26.5. The molecule has 190 valence electrons. The second-order valence-corrected chi connectivity index (χ2v) is 9.41. The summed E-state index contributed by atoms with van der Waals surface area (Å²) in [5.74, 6) is -1.03. The molecule has 1 aliphatic carbocycles. The van der Waals surface area contributed by atoms with E-state index in [-0.39, 0.29) is 30.1 Å². The summed E-state index contributed by atoms with van der Waals surface area (Å²) in [6.07, 6.45) is 0. The van der Waals surface area contributed by atoms with Crippen molar-refractivity contribution in [2.75, 3.05) is 6.61 Å². The van der Waals surface area contributed by atoms with Crippen LogP contribution < -0.4 is 5.32 Å².